The molecule has 0 aromatic heterocycles. The van der Waals surface area contributed by atoms with Crippen molar-refractivity contribution in [3.05, 3.63) is 88.9 Å². The number of carboxylic acid groups (broad SMARTS) is 1. The number of halogens is 1. The molecule has 3 rings (SSSR count). The minimum atomic E-state index is -4.01. The molecule has 35 heavy (non-hydrogen) atoms. The summed E-state index contributed by atoms with van der Waals surface area (Å²) in [5, 5.41) is 12.3. The number of rotatable bonds is 12. The third kappa shape index (κ3) is 8.31. The van der Waals surface area contributed by atoms with Gasteiger partial charge in [0, 0.05) is 11.0 Å². The highest BCUT2D eigenvalue weighted by Crippen LogP contribution is 2.23. The first kappa shape index (κ1) is 26.6. The highest BCUT2D eigenvalue weighted by atomic mass is 79.9. The molecule has 1 atom stereocenters. The molecule has 0 heterocycles. The minimum Gasteiger partial charge on any atom is -0.480 e. The summed E-state index contributed by atoms with van der Waals surface area (Å²) in [7, 11) is -4.01. The molecule has 0 fully saturated rings. The molecule has 0 spiro atoms. The Bertz CT molecular complexity index is 1230. The number of aliphatic carboxylic acids is 1. The molecule has 1 unspecified atom stereocenters. The summed E-state index contributed by atoms with van der Waals surface area (Å²) in [5.74, 6) is -1.36. The van der Waals surface area contributed by atoms with Gasteiger partial charge in [-0.05, 0) is 60.2 Å². The summed E-state index contributed by atoms with van der Waals surface area (Å²) in [5.41, 5.74) is 2.69. The SMILES string of the molecule is O=C(Cc1ccccc1)NCCCCC(NS(=O)(=O)c1ccc(-c2ccc(Br)cc2)cc1)C(=O)O. The van der Waals surface area contributed by atoms with Gasteiger partial charge >= 0.3 is 5.97 Å². The average Bonchev–Trinajstić information content (AvgIpc) is 2.84. The number of nitrogens with one attached hydrogen (secondary N) is 2. The van der Waals surface area contributed by atoms with Crippen LogP contribution in [-0.2, 0) is 26.0 Å². The van der Waals surface area contributed by atoms with Gasteiger partial charge in [-0.3, -0.25) is 9.59 Å². The Kier molecular flexibility index (Phi) is 9.59. The second-order valence-corrected chi connectivity index (χ2v) is 10.7. The smallest absolute Gasteiger partial charge is 0.321 e. The van der Waals surface area contributed by atoms with Crippen LogP contribution in [0.25, 0.3) is 11.1 Å². The molecule has 0 saturated heterocycles. The highest BCUT2D eigenvalue weighted by molar-refractivity contribution is 9.10. The first-order chi connectivity index (χ1) is 16.7. The van der Waals surface area contributed by atoms with Crippen LogP contribution in [0.4, 0.5) is 0 Å². The molecule has 0 aliphatic carbocycles. The first-order valence-corrected chi connectivity index (χ1v) is 13.4. The summed E-state index contributed by atoms with van der Waals surface area (Å²) < 4.78 is 28.7. The lowest BCUT2D eigenvalue weighted by molar-refractivity contribution is -0.139. The van der Waals surface area contributed by atoms with Crippen molar-refractivity contribution in [1.82, 2.24) is 10.0 Å². The fourth-order valence-electron chi connectivity index (χ4n) is 3.50. The van der Waals surface area contributed by atoms with Crippen LogP contribution >= 0.6 is 15.9 Å². The third-order valence-corrected chi connectivity index (χ3v) is 7.40. The van der Waals surface area contributed by atoms with Gasteiger partial charge < -0.3 is 10.4 Å². The van der Waals surface area contributed by atoms with Gasteiger partial charge in [0.05, 0.1) is 11.3 Å². The number of benzene rings is 3. The van der Waals surface area contributed by atoms with Gasteiger partial charge in [0.15, 0.2) is 0 Å². The summed E-state index contributed by atoms with van der Waals surface area (Å²) in [6.07, 6.45) is 1.36. The number of carboxylic acids is 1. The molecule has 3 N–H and O–H groups in total. The zero-order valence-electron chi connectivity index (χ0n) is 19.0. The van der Waals surface area contributed by atoms with E-state index in [1.807, 2.05) is 54.6 Å². The Balaban J connectivity index is 1.49. The second-order valence-electron chi connectivity index (χ2n) is 8.05. The summed E-state index contributed by atoms with van der Waals surface area (Å²) >= 11 is 3.38. The molecule has 0 aliphatic rings. The Morgan fingerprint density at radius 1 is 0.857 bits per heavy atom. The molecule has 0 saturated carbocycles. The fourth-order valence-corrected chi connectivity index (χ4v) is 4.99. The van der Waals surface area contributed by atoms with Crippen molar-refractivity contribution in [3.63, 3.8) is 0 Å². The van der Waals surface area contributed by atoms with E-state index in [2.05, 4.69) is 26.0 Å². The van der Waals surface area contributed by atoms with Crippen molar-refractivity contribution in [1.29, 1.82) is 0 Å². The van der Waals surface area contributed by atoms with Gasteiger partial charge in [-0.1, -0.05) is 70.5 Å². The first-order valence-electron chi connectivity index (χ1n) is 11.2. The zero-order valence-corrected chi connectivity index (χ0v) is 21.4. The third-order valence-electron chi connectivity index (χ3n) is 5.39. The van der Waals surface area contributed by atoms with Gasteiger partial charge in [0.2, 0.25) is 15.9 Å². The molecule has 0 bridgehead atoms. The van der Waals surface area contributed by atoms with Crippen LogP contribution in [0.3, 0.4) is 0 Å². The number of hydrogen-bond acceptors (Lipinski definition) is 4. The lowest BCUT2D eigenvalue weighted by atomic mass is 10.1. The predicted molar refractivity (Wildman–Crippen MR) is 138 cm³/mol. The van der Waals surface area contributed by atoms with Crippen molar-refractivity contribution in [3.8, 4) is 11.1 Å². The largest absolute Gasteiger partial charge is 0.480 e. The standard InChI is InChI=1S/C26H27BrN2O5S/c27-22-13-9-20(10-14-22)21-11-15-23(16-12-21)35(33,34)29-24(26(31)32)8-4-5-17-28-25(30)18-19-6-2-1-3-7-19/h1-3,6-7,9-16,24,29H,4-5,8,17-18H2,(H,28,30)(H,31,32). The van der Waals surface area contributed by atoms with Gasteiger partial charge in [0.25, 0.3) is 0 Å². The van der Waals surface area contributed by atoms with Gasteiger partial charge in [0.1, 0.15) is 6.04 Å². The van der Waals surface area contributed by atoms with Gasteiger partial charge in [-0.25, -0.2) is 8.42 Å². The maximum absolute atomic E-state index is 12.8. The molecule has 9 heteroatoms. The number of sulfonamides is 1. The Hall–Kier alpha value is -3.01. The number of carbonyl (C=O) groups excluding carboxylic acids is 1. The van der Waals surface area contributed by atoms with E-state index in [0.717, 1.165) is 21.2 Å². The number of hydrogen-bond donors (Lipinski definition) is 3. The molecular formula is C26H27BrN2O5S. The Morgan fingerprint density at radius 2 is 1.46 bits per heavy atom. The van der Waals surface area contributed by atoms with E-state index in [4.69, 9.17) is 0 Å². The molecule has 0 radical (unpaired) electrons. The van der Waals surface area contributed by atoms with Crippen molar-refractivity contribution in [2.45, 2.75) is 36.6 Å². The van der Waals surface area contributed by atoms with Crippen LogP contribution in [0.5, 0.6) is 0 Å². The summed E-state index contributed by atoms with van der Waals surface area (Å²) in [6.45, 7) is 0.391. The molecular weight excluding hydrogens is 532 g/mol. The second kappa shape index (κ2) is 12.6. The van der Waals surface area contributed by atoms with Crippen molar-refractivity contribution in [2.75, 3.05) is 6.54 Å². The lowest BCUT2D eigenvalue weighted by Crippen LogP contribution is -2.40. The number of unbranched alkanes of at least 4 members (excludes halogenated alkanes) is 1. The topological polar surface area (TPSA) is 113 Å². The van der Waals surface area contributed by atoms with Crippen LogP contribution < -0.4 is 10.0 Å². The quantitative estimate of drug-likeness (QED) is 0.285. The van der Waals surface area contributed by atoms with Crippen LogP contribution in [-0.4, -0.2) is 38.0 Å². The highest BCUT2D eigenvalue weighted by Gasteiger charge is 2.25. The van der Waals surface area contributed by atoms with Gasteiger partial charge in [-0.15, -0.1) is 0 Å². The Labute approximate surface area is 213 Å². The lowest BCUT2D eigenvalue weighted by Gasteiger charge is -2.15. The molecule has 3 aromatic rings. The van der Waals surface area contributed by atoms with E-state index in [0.29, 0.717) is 19.4 Å². The van der Waals surface area contributed by atoms with E-state index >= 15 is 0 Å². The zero-order chi connectivity index (χ0) is 25.3. The maximum Gasteiger partial charge on any atom is 0.321 e. The molecule has 7 nitrogen and oxygen atoms in total. The van der Waals surface area contributed by atoms with Crippen molar-refractivity contribution < 1.29 is 23.1 Å². The summed E-state index contributed by atoms with van der Waals surface area (Å²) in [4.78, 5) is 23.6. The van der Waals surface area contributed by atoms with E-state index in [1.165, 1.54) is 12.1 Å². The Morgan fingerprint density at radius 3 is 2.06 bits per heavy atom. The monoisotopic (exact) mass is 558 g/mol. The fraction of sp³-hybridized carbons (Fsp3) is 0.231. The normalized spacial score (nSPS) is 12.1. The van der Waals surface area contributed by atoms with Gasteiger partial charge in [-0.2, -0.15) is 4.72 Å². The van der Waals surface area contributed by atoms with Crippen LogP contribution in [0.15, 0.2) is 88.2 Å². The molecule has 1 amide bonds. The van der Waals surface area contributed by atoms with Crippen LogP contribution in [0, 0.1) is 0 Å². The van der Waals surface area contributed by atoms with Crippen molar-refractivity contribution in [2.24, 2.45) is 0 Å². The van der Waals surface area contributed by atoms with E-state index < -0.39 is 22.0 Å². The average molecular weight is 559 g/mol. The van der Waals surface area contributed by atoms with Crippen molar-refractivity contribution >= 4 is 37.8 Å². The van der Waals surface area contributed by atoms with Crippen LogP contribution in [0.2, 0.25) is 0 Å². The minimum absolute atomic E-state index is 0.00205. The number of amides is 1. The number of carbonyl (C=O) groups is 2. The van der Waals surface area contributed by atoms with E-state index in [1.54, 1.807) is 12.1 Å². The molecule has 3 aromatic carbocycles. The van der Waals surface area contributed by atoms with E-state index in [9.17, 15) is 23.1 Å². The predicted octanol–water partition coefficient (Wildman–Crippen LogP) is 4.38. The van der Waals surface area contributed by atoms with Crippen LogP contribution in [0.1, 0.15) is 24.8 Å². The maximum atomic E-state index is 12.8. The molecule has 0 aliphatic heterocycles. The van der Waals surface area contributed by atoms with E-state index in [-0.39, 0.29) is 23.6 Å². The summed E-state index contributed by atoms with van der Waals surface area (Å²) in [6, 6.07) is 22.0. The molecule has 184 valence electrons.